The Morgan fingerprint density at radius 1 is 1.18 bits per heavy atom. The number of pyridine rings is 1. The quantitative estimate of drug-likeness (QED) is 0.409. The summed E-state index contributed by atoms with van der Waals surface area (Å²) in [5.74, 6) is -0.537. The third kappa shape index (κ3) is 4.41. The van der Waals surface area contributed by atoms with Gasteiger partial charge in [-0.05, 0) is 35.9 Å². The van der Waals surface area contributed by atoms with E-state index in [1.54, 1.807) is 0 Å². The lowest BCUT2D eigenvalue weighted by Gasteiger charge is -2.11. The zero-order valence-electron chi connectivity index (χ0n) is 17.7. The Morgan fingerprint density at radius 3 is 2.50 bits per heavy atom. The molecule has 3 heterocycles. The molecule has 0 aliphatic heterocycles. The zero-order valence-corrected chi connectivity index (χ0v) is 17.7. The van der Waals surface area contributed by atoms with Crippen LogP contribution < -0.4 is 21.1 Å². The Bertz CT molecular complexity index is 1390. The van der Waals surface area contributed by atoms with Crippen molar-refractivity contribution in [3.05, 3.63) is 58.4 Å². The van der Waals surface area contributed by atoms with Crippen molar-refractivity contribution in [2.45, 2.75) is 25.7 Å². The minimum atomic E-state index is -4.50. The second kappa shape index (κ2) is 8.74. The molecule has 0 amide bonds. The van der Waals surface area contributed by atoms with Gasteiger partial charge in [-0.1, -0.05) is 0 Å². The number of alkyl halides is 3. The molecule has 0 aliphatic rings. The molecule has 13 heteroatoms. The molecule has 9 nitrogen and oxygen atoms in total. The Kier molecular flexibility index (Phi) is 5.96. The maximum Gasteiger partial charge on any atom is 0.411 e. The number of benzene rings is 1. The largest absolute Gasteiger partial charge is 0.481 e. The maximum atomic E-state index is 13.6. The summed E-state index contributed by atoms with van der Waals surface area (Å²) in [6.45, 7) is -1.14. The van der Waals surface area contributed by atoms with Crippen LogP contribution in [0.4, 0.5) is 23.5 Å². The van der Waals surface area contributed by atoms with Crippen molar-refractivity contribution in [3.63, 3.8) is 0 Å². The lowest BCUT2D eigenvalue weighted by atomic mass is 10.00. The van der Waals surface area contributed by atoms with Gasteiger partial charge in [-0.15, -0.1) is 9.50 Å². The molecule has 0 unspecified atom stereocenters. The van der Waals surface area contributed by atoms with E-state index >= 15 is 0 Å². The number of nitrogens with two attached hydrogens (primary N) is 1. The number of nitrogen functional groups attached to an aromatic ring is 1. The standard InChI is InChI=1S/C21H18F4N6O3/c1-34-15-9-12(8-14(10-32)27-15)16-17(11-2-4-13(22)5-3-11)28-19(26)31-18(16)29-30(20(31)33)7-6-21(23,24)25/h2-5,8-9,32H,6-7,10H2,1H3,(H2,26,28)/p+1. The lowest BCUT2D eigenvalue weighted by molar-refractivity contribution is -0.351. The normalized spacial score (nSPS) is 11.8. The predicted octanol–water partition coefficient (Wildman–Crippen LogP) is 2.21. The third-order valence-electron chi connectivity index (χ3n) is 5.06. The summed E-state index contributed by atoms with van der Waals surface area (Å²) in [4.78, 5) is 19.8. The fraction of sp³-hybridized carbons (Fsp3) is 0.238. The highest BCUT2D eigenvalue weighted by atomic mass is 19.4. The molecule has 4 rings (SSSR count). The van der Waals surface area contributed by atoms with Crippen LogP contribution in [0.2, 0.25) is 0 Å². The van der Waals surface area contributed by atoms with Crippen LogP contribution in [0.15, 0.2) is 41.2 Å². The average molecular weight is 479 g/mol. The van der Waals surface area contributed by atoms with Gasteiger partial charge in [0.1, 0.15) is 11.5 Å². The van der Waals surface area contributed by atoms with E-state index in [4.69, 9.17) is 10.5 Å². The fourth-order valence-electron chi connectivity index (χ4n) is 3.52. The lowest BCUT2D eigenvalue weighted by Crippen LogP contribution is -2.28. The van der Waals surface area contributed by atoms with Gasteiger partial charge < -0.3 is 9.84 Å². The number of hydrogen-bond donors (Lipinski definition) is 2. The topological polar surface area (TPSA) is 122 Å². The van der Waals surface area contributed by atoms with Crippen LogP contribution in [0.25, 0.3) is 28.0 Å². The maximum absolute atomic E-state index is 13.6. The van der Waals surface area contributed by atoms with E-state index in [9.17, 15) is 27.5 Å². The summed E-state index contributed by atoms with van der Waals surface area (Å²) in [7, 11) is 1.37. The van der Waals surface area contributed by atoms with E-state index in [-0.39, 0.29) is 28.7 Å². The Hall–Kier alpha value is -4.00. The molecule has 0 aliphatic carbocycles. The first-order valence-electron chi connectivity index (χ1n) is 9.94. The molecule has 1 aromatic carbocycles. The number of fused-ring (bicyclic) bond motifs is 1. The number of nitrogens with zero attached hydrogens (tertiary/aromatic N) is 4. The van der Waals surface area contributed by atoms with Gasteiger partial charge in [-0.2, -0.15) is 17.9 Å². The number of hydrogen-bond acceptors (Lipinski definition) is 6. The van der Waals surface area contributed by atoms with Crippen LogP contribution in [0.1, 0.15) is 12.1 Å². The molecule has 3 aromatic heterocycles. The smallest absolute Gasteiger partial charge is 0.411 e. The number of halogens is 4. The summed E-state index contributed by atoms with van der Waals surface area (Å²) in [6.07, 6.45) is -5.76. The molecule has 178 valence electrons. The molecule has 0 atom stereocenters. The van der Waals surface area contributed by atoms with Crippen LogP contribution in [0.5, 0.6) is 5.88 Å². The van der Waals surface area contributed by atoms with Gasteiger partial charge in [-0.3, -0.25) is 5.73 Å². The van der Waals surface area contributed by atoms with Crippen LogP contribution in [0.3, 0.4) is 0 Å². The number of aromatic nitrogens is 5. The minimum absolute atomic E-state index is 0.0418. The van der Waals surface area contributed by atoms with E-state index in [2.05, 4.69) is 15.1 Å². The summed E-state index contributed by atoms with van der Waals surface area (Å²) in [5.41, 5.74) is 6.80. The molecular weight excluding hydrogens is 460 g/mol. The molecular formula is C21H19F4N6O3+. The van der Waals surface area contributed by atoms with Crippen molar-refractivity contribution in [1.29, 1.82) is 0 Å². The van der Waals surface area contributed by atoms with Crippen LogP contribution >= 0.6 is 0 Å². The molecule has 4 N–H and O–H groups in total. The summed E-state index contributed by atoms with van der Waals surface area (Å²) < 4.78 is 58.7. The van der Waals surface area contributed by atoms with Gasteiger partial charge in [0.05, 0.1) is 37.9 Å². The number of anilines is 1. The van der Waals surface area contributed by atoms with Gasteiger partial charge in [-0.25, -0.2) is 19.2 Å². The van der Waals surface area contributed by atoms with Gasteiger partial charge in [0.25, 0.3) is 0 Å². The number of nitrogens with one attached hydrogen (secondary N) is 1. The molecule has 0 saturated carbocycles. The minimum Gasteiger partial charge on any atom is -0.481 e. The Labute approximate surface area is 189 Å². The first-order valence-corrected chi connectivity index (χ1v) is 9.94. The van der Waals surface area contributed by atoms with Gasteiger partial charge >= 0.3 is 17.8 Å². The highest BCUT2D eigenvalue weighted by molar-refractivity contribution is 5.89. The van der Waals surface area contributed by atoms with Crippen molar-refractivity contribution in [3.8, 4) is 28.3 Å². The number of H-pyrrole nitrogens is 1. The van der Waals surface area contributed by atoms with E-state index < -0.39 is 37.3 Å². The van der Waals surface area contributed by atoms with Gasteiger partial charge in [0.15, 0.2) is 0 Å². The van der Waals surface area contributed by atoms with E-state index in [0.717, 1.165) is 4.40 Å². The summed E-state index contributed by atoms with van der Waals surface area (Å²) in [6, 6.07) is 8.37. The van der Waals surface area contributed by atoms with Crippen molar-refractivity contribution >= 4 is 11.6 Å². The summed E-state index contributed by atoms with van der Waals surface area (Å²) >= 11 is 0. The Balaban J connectivity index is 2.06. The molecule has 4 aromatic rings. The van der Waals surface area contributed by atoms with Crippen molar-refractivity contribution in [1.82, 2.24) is 19.2 Å². The average Bonchev–Trinajstić information content (AvgIpc) is 3.13. The number of aromatic amines is 1. The highest BCUT2D eigenvalue weighted by Crippen LogP contribution is 2.34. The fourth-order valence-corrected chi connectivity index (χ4v) is 3.52. The van der Waals surface area contributed by atoms with Crippen LogP contribution in [-0.4, -0.2) is 37.6 Å². The molecule has 0 spiro atoms. The first kappa shape index (κ1) is 23.2. The second-order valence-electron chi connectivity index (χ2n) is 7.34. The van der Waals surface area contributed by atoms with Crippen LogP contribution in [-0.2, 0) is 13.2 Å². The number of aryl methyl sites for hydroxylation is 1. The molecule has 0 bridgehead atoms. The predicted molar refractivity (Wildman–Crippen MR) is 112 cm³/mol. The van der Waals surface area contributed by atoms with E-state index in [0.29, 0.717) is 21.5 Å². The Morgan fingerprint density at radius 2 is 1.88 bits per heavy atom. The first-order chi connectivity index (χ1) is 16.1. The molecule has 0 radical (unpaired) electrons. The van der Waals surface area contributed by atoms with Crippen LogP contribution in [0, 0.1) is 5.82 Å². The van der Waals surface area contributed by atoms with E-state index in [1.807, 2.05) is 0 Å². The SMILES string of the molecule is COc1cc(-c2c(-c3ccc(F)cc3)[nH+]c(N)n3c(=O)n(CCC(F)(F)F)nc23)cc(CO)n1. The highest BCUT2D eigenvalue weighted by Gasteiger charge is 2.30. The van der Waals surface area contributed by atoms with Gasteiger partial charge in [0, 0.05) is 11.6 Å². The number of aliphatic hydroxyl groups excluding tert-OH is 1. The van der Waals surface area contributed by atoms with E-state index in [1.165, 1.54) is 43.5 Å². The van der Waals surface area contributed by atoms with Crippen molar-refractivity contribution in [2.75, 3.05) is 12.8 Å². The second-order valence-corrected chi connectivity index (χ2v) is 7.34. The zero-order chi connectivity index (χ0) is 24.6. The number of ether oxygens (including phenoxy) is 1. The van der Waals surface area contributed by atoms with Gasteiger partial charge in [0.2, 0.25) is 11.5 Å². The monoisotopic (exact) mass is 479 g/mol. The molecule has 0 saturated heterocycles. The number of aliphatic hydroxyl groups is 1. The summed E-state index contributed by atoms with van der Waals surface area (Å²) in [5, 5.41) is 13.8. The third-order valence-corrected chi connectivity index (χ3v) is 5.06. The number of methoxy groups -OCH3 is 1. The van der Waals surface area contributed by atoms with Crippen molar-refractivity contribution < 1.29 is 32.4 Å². The van der Waals surface area contributed by atoms with Crippen molar-refractivity contribution in [2.24, 2.45) is 0 Å². The molecule has 0 fully saturated rings. The molecule has 34 heavy (non-hydrogen) atoms. The number of rotatable bonds is 6.